The molecule has 0 aliphatic heterocycles. The minimum absolute atomic E-state index is 0.0255. The summed E-state index contributed by atoms with van der Waals surface area (Å²) in [6.07, 6.45) is 2.86. The molecule has 0 amide bonds. The van der Waals surface area contributed by atoms with Crippen LogP contribution in [0.5, 0.6) is 5.75 Å². The van der Waals surface area contributed by atoms with E-state index in [0.717, 1.165) is 30.6 Å². The van der Waals surface area contributed by atoms with Crippen molar-refractivity contribution in [2.75, 3.05) is 6.61 Å². The lowest BCUT2D eigenvalue weighted by atomic mass is 9.89. The highest BCUT2D eigenvalue weighted by atomic mass is 16.5. The molecule has 0 fully saturated rings. The van der Waals surface area contributed by atoms with Crippen LogP contribution in [-0.4, -0.2) is 6.61 Å². The van der Waals surface area contributed by atoms with Gasteiger partial charge in [-0.1, -0.05) is 17.7 Å². The second-order valence-electron chi connectivity index (χ2n) is 6.13. The molecule has 3 heteroatoms. The highest BCUT2D eigenvalue weighted by Crippen LogP contribution is 2.26. The number of hydrogen-bond donors (Lipinski definition) is 1. The molecule has 0 aliphatic rings. The Bertz CT molecular complexity index is 472. The number of nitrogens with two attached hydrogens (primary N) is 1. The summed E-state index contributed by atoms with van der Waals surface area (Å²) in [7, 11) is 0. The van der Waals surface area contributed by atoms with Gasteiger partial charge in [0.25, 0.3) is 0 Å². The number of rotatable bonds is 7. The Balaban J connectivity index is 2.45. The monoisotopic (exact) mass is 274 g/mol. The maximum absolute atomic E-state index is 8.96. The number of aryl methyl sites for hydroxylation is 1. The van der Waals surface area contributed by atoms with Crippen molar-refractivity contribution in [3.63, 3.8) is 0 Å². The van der Waals surface area contributed by atoms with E-state index in [1.54, 1.807) is 0 Å². The predicted molar refractivity (Wildman–Crippen MR) is 82.5 cm³/mol. The van der Waals surface area contributed by atoms with Crippen molar-refractivity contribution < 1.29 is 4.74 Å². The quantitative estimate of drug-likeness (QED) is 0.761. The lowest BCUT2D eigenvalue weighted by Crippen LogP contribution is -2.10. The van der Waals surface area contributed by atoms with Gasteiger partial charge < -0.3 is 10.5 Å². The molecular weight excluding hydrogens is 248 g/mol. The first-order valence-corrected chi connectivity index (χ1v) is 7.26. The first-order chi connectivity index (χ1) is 9.35. The zero-order chi connectivity index (χ0) is 15.2. The molecule has 0 bridgehead atoms. The van der Waals surface area contributed by atoms with E-state index in [-0.39, 0.29) is 11.5 Å². The highest BCUT2D eigenvalue weighted by molar-refractivity contribution is 5.38. The fourth-order valence-corrected chi connectivity index (χ4v) is 2.06. The van der Waals surface area contributed by atoms with E-state index in [4.69, 9.17) is 15.7 Å². The van der Waals surface area contributed by atoms with Crippen molar-refractivity contribution >= 4 is 0 Å². The second-order valence-corrected chi connectivity index (χ2v) is 6.13. The van der Waals surface area contributed by atoms with Gasteiger partial charge in [-0.2, -0.15) is 5.26 Å². The minimum Gasteiger partial charge on any atom is -0.493 e. The van der Waals surface area contributed by atoms with Crippen LogP contribution in [0.15, 0.2) is 18.2 Å². The molecule has 0 aromatic heterocycles. The Morgan fingerprint density at radius 3 is 2.65 bits per heavy atom. The molecule has 110 valence electrons. The number of ether oxygens (including phenoxy) is 1. The van der Waals surface area contributed by atoms with E-state index in [2.05, 4.69) is 19.1 Å². The first kappa shape index (κ1) is 16.5. The van der Waals surface area contributed by atoms with Gasteiger partial charge in [-0.05, 0) is 53.0 Å². The molecule has 20 heavy (non-hydrogen) atoms. The number of benzene rings is 1. The van der Waals surface area contributed by atoms with Crippen LogP contribution < -0.4 is 10.5 Å². The third-order valence-corrected chi connectivity index (χ3v) is 3.41. The van der Waals surface area contributed by atoms with Gasteiger partial charge in [0.05, 0.1) is 18.1 Å². The lowest BCUT2D eigenvalue weighted by molar-refractivity contribution is 0.291. The Morgan fingerprint density at radius 1 is 1.35 bits per heavy atom. The maximum atomic E-state index is 8.96. The molecule has 0 heterocycles. The average molecular weight is 274 g/mol. The Hall–Kier alpha value is -1.53. The van der Waals surface area contributed by atoms with Crippen molar-refractivity contribution in [2.24, 2.45) is 11.1 Å². The molecule has 3 nitrogen and oxygen atoms in total. The summed E-state index contributed by atoms with van der Waals surface area (Å²) in [5.41, 5.74) is 7.99. The summed E-state index contributed by atoms with van der Waals surface area (Å²) < 4.78 is 5.84. The molecule has 1 atom stereocenters. The van der Waals surface area contributed by atoms with Crippen LogP contribution in [0.25, 0.3) is 0 Å². The number of hydrogen-bond acceptors (Lipinski definition) is 3. The summed E-state index contributed by atoms with van der Waals surface area (Å²) in [5, 5.41) is 8.96. The normalized spacial score (nSPS) is 12.8. The van der Waals surface area contributed by atoms with Crippen molar-refractivity contribution in [3.8, 4) is 11.8 Å². The molecule has 1 aromatic carbocycles. The van der Waals surface area contributed by atoms with Crippen LogP contribution in [0, 0.1) is 23.7 Å². The molecule has 0 saturated heterocycles. The number of nitrogens with zero attached hydrogens (tertiary/aromatic N) is 1. The highest BCUT2D eigenvalue weighted by Gasteiger charge is 2.15. The number of unbranched alkanes of at least 4 members (excludes halogenated alkanes) is 1. The first-order valence-electron chi connectivity index (χ1n) is 7.26. The summed E-state index contributed by atoms with van der Waals surface area (Å²) >= 11 is 0. The van der Waals surface area contributed by atoms with Crippen molar-refractivity contribution in [2.45, 2.75) is 53.0 Å². The minimum atomic E-state index is -0.235. The zero-order valence-corrected chi connectivity index (χ0v) is 13.1. The Kier molecular flexibility index (Phi) is 6.04. The SMILES string of the molecule is Cc1ccc(OCCCCC(C)(C)C#N)c([C@H](C)N)c1. The van der Waals surface area contributed by atoms with Gasteiger partial charge >= 0.3 is 0 Å². The van der Waals surface area contributed by atoms with E-state index in [9.17, 15) is 0 Å². The molecule has 0 saturated carbocycles. The summed E-state index contributed by atoms with van der Waals surface area (Å²) in [5.74, 6) is 0.880. The largest absolute Gasteiger partial charge is 0.493 e. The van der Waals surface area contributed by atoms with Gasteiger partial charge in [0.1, 0.15) is 5.75 Å². The van der Waals surface area contributed by atoms with Crippen LogP contribution in [0.4, 0.5) is 0 Å². The van der Waals surface area contributed by atoms with Crippen LogP contribution in [0.2, 0.25) is 0 Å². The average Bonchev–Trinajstić information content (AvgIpc) is 2.39. The van der Waals surface area contributed by atoms with Gasteiger partial charge in [0.15, 0.2) is 0 Å². The molecule has 1 rings (SSSR count). The van der Waals surface area contributed by atoms with Crippen molar-refractivity contribution in [1.82, 2.24) is 0 Å². The lowest BCUT2D eigenvalue weighted by Gasteiger charge is -2.16. The predicted octanol–water partition coefficient (Wildman–Crippen LogP) is 4.11. The Morgan fingerprint density at radius 2 is 2.05 bits per heavy atom. The zero-order valence-electron chi connectivity index (χ0n) is 13.1. The maximum Gasteiger partial charge on any atom is 0.124 e. The van der Waals surface area contributed by atoms with E-state index >= 15 is 0 Å². The molecule has 0 radical (unpaired) electrons. The van der Waals surface area contributed by atoms with Crippen molar-refractivity contribution in [3.05, 3.63) is 29.3 Å². The summed E-state index contributed by atoms with van der Waals surface area (Å²) in [4.78, 5) is 0. The van der Waals surface area contributed by atoms with E-state index in [1.165, 1.54) is 5.56 Å². The van der Waals surface area contributed by atoms with Crippen LogP contribution in [0.3, 0.4) is 0 Å². The molecule has 2 N–H and O–H groups in total. The third kappa shape index (κ3) is 5.22. The third-order valence-electron chi connectivity index (χ3n) is 3.41. The van der Waals surface area contributed by atoms with E-state index < -0.39 is 0 Å². The van der Waals surface area contributed by atoms with E-state index in [0.29, 0.717) is 6.61 Å². The van der Waals surface area contributed by atoms with E-state index in [1.807, 2.05) is 32.9 Å². The second kappa shape index (κ2) is 7.31. The molecule has 0 aliphatic carbocycles. The molecule has 1 aromatic rings. The standard InChI is InChI=1S/C17H26N2O/c1-13-7-8-16(15(11-13)14(2)19)20-10-6-5-9-17(3,4)12-18/h7-8,11,14H,5-6,9-10,19H2,1-4H3/t14-/m0/s1. The summed E-state index contributed by atoms with van der Waals surface area (Å²) in [6.45, 7) is 8.64. The topological polar surface area (TPSA) is 59.0 Å². The van der Waals surface area contributed by atoms with Gasteiger partial charge in [-0.15, -0.1) is 0 Å². The smallest absolute Gasteiger partial charge is 0.124 e. The molecule has 0 unspecified atom stereocenters. The number of nitriles is 1. The summed E-state index contributed by atoms with van der Waals surface area (Å²) in [6, 6.07) is 8.41. The van der Waals surface area contributed by atoms with Gasteiger partial charge in [0.2, 0.25) is 0 Å². The van der Waals surface area contributed by atoms with Gasteiger partial charge in [-0.3, -0.25) is 0 Å². The van der Waals surface area contributed by atoms with Gasteiger partial charge in [-0.25, -0.2) is 0 Å². The molecule has 0 spiro atoms. The van der Waals surface area contributed by atoms with Crippen molar-refractivity contribution in [1.29, 1.82) is 5.26 Å². The molecular formula is C17H26N2O. The van der Waals surface area contributed by atoms with Crippen LogP contribution in [0.1, 0.15) is 57.2 Å². The van der Waals surface area contributed by atoms with Crippen LogP contribution >= 0.6 is 0 Å². The Labute approximate surface area is 122 Å². The fourth-order valence-electron chi connectivity index (χ4n) is 2.06. The van der Waals surface area contributed by atoms with Crippen LogP contribution in [-0.2, 0) is 0 Å². The fraction of sp³-hybridized carbons (Fsp3) is 0.588. The van der Waals surface area contributed by atoms with Gasteiger partial charge in [0, 0.05) is 11.6 Å².